The number of aryl methyl sites for hydroxylation is 1. The molecule has 2 nitrogen and oxygen atoms in total. The average Bonchev–Trinajstić information content (AvgIpc) is 3.48. The van der Waals surface area contributed by atoms with Crippen LogP contribution in [0.1, 0.15) is 30.5 Å². The third kappa shape index (κ3) is 5.75. The minimum Gasteiger partial charge on any atom is -0.310 e. The largest absolute Gasteiger partial charge is 0.310 e. The van der Waals surface area contributed by atoms with E-state index in [1.807, 2.05) is 0 Å². The van der Waals surface area contributed by atoms with E-state index in [1.54, 1.807) is 0 Å². The van der Waals surface area contributed by atoms with E-state index in [-0.39, 0.29) is 5.41 Å². The van der Waals surface area contributed by atoms with Crippen LogP contribution in [0.15, 0.2) is 182 Å². The second-order valence-corrected chi connectivity index (χ2v) is 22.6. The van der Waals surface area contributed by atoms with Gasteiger partial charge in [0, 0.05) is 39.2 Å². The van der Waals surface area contributed by atoms with Gasteiger partial charge in [-0.3, -0.25) is 0 Å². The Morgan fingerprint density at radius 2 is 0.931 bits per heavy atom. The standard InChI is InChI=1S/C55H48N2Si/c1-37-19-17-24-40(33-37)56(38-20-9-7-10-21-38)42-31-32-48-49(35-42)44-27-13-15-29-46(44)52-50-36-51(45-28-14-16-30-47(45)53(50)55(2,3)54(48)52)57(39-22-11-8-12-23-39)41-25-18-26-43(34-41)58(4,5)6/h7-36H,1-6H3. The van der Waals surface area contributed by atoms with Crippen molar-refractivity contribution in [3.8, 4) is 11.1 Å². The van der Waals surface area contributed by atoms with E-state index in [4.69, 9.17) is 0 Å². The number of fused-ring (bicyclic) bond motifs is 10. The molecule has 1 aliphatic carbocycles. The minimum absolute atomic E-state index is 0.266. The van der Waals surface area contributed by atoms with Crippen molar-refractivity contribution < 1.29 is 0 Å². The maximum atomic E-state index is 2.51. The van der Waals surface area contributed by atoms with Crippen LogP contribution in [0.25, 0.3) is 43.4 Å². The van der Waals surface area contributed by atoms with Crippen molar-refractivity contribution in [3.05, 3.63) is 199 Å². The lowest BCUT2D eigenvalue weighted by Gasteiger charge is -2.30. The Morgan fingerprint density at radius 1 is 0.397 bits per heavy atom. The number of hydrogen-bond donors (Lipinski definition) is 0. The zero-order valence-electron chi connectivity index (χ0n) is 34.2. The molecule has 0 saturated heterocycles. The SMILES string of the molecule is Cc1cccc(N(c2ccccc2)c2ccc3c4c(c5ccccc5c3c2)-c2cc(N(c3ccccc3)c3cccc([Si](C)(C)C)c3)c3ccccc3c2C4(C)C)c1. The molecule has 1 aliphatic rings. The van der Waals surface area contributed by atoms with Gasteiger partial charge in [-0.2, -0.15) is 0 Å². The summed E-state index contributed by atoms with van der Waals surface area (Å²) < 4.78 is 0. The van der Waals surface area contributed by atoms with Crippen molar-refractivity contribution in [2.75, 3.05) is 9.80 Å². The second kappa shape index (κ2) is 13.6. The molecule has 0 fully saturated rings. The molecule has 9 aromatic rings. The molecule has 9 aromatic carbocycles. The zero-order chi connectivity index (χ0) is 39.8. The number of rotatable bonds is 7. The Kier molecular flexibility index (Phi) is 8.44. The number of nitrogens with zero attached hydrogens (tertiary/aromatic N) is 2. The predicted molar refractivity (Wildman–Crippen MR) is 254 cm³/mol. The van der Waals surface area contributed by atoms with Gasteiger partial charge < -0.3 is 9.80 Å². The smallest absolute Gasteiger partial charge is 0.0776 e. The first-order valence-electron chi connectivity index (χ1n) is 20.5. The van der Waals surface area contributed by atoms with E-state index in [0.717, 1.165) is 22.7 Å². The van der Waals surface area contributed by atoms with Gasteiger partial charge in [0.2, 0.25) is 0 Å². The molecular weight excluding hydrogens is 717 g/mol. The summed E-state index contributed by atoms with van der Waals surface area (Å²) >= 11 is 0. The Hall–Kier alpha value is -6.42. The van der Waals surface area contributed by atoms with Gasteiger partial charge in [0.1, 0.15) is 0 Å². The highest BCUT2D eigenvalue weighted by atomic mass is 28.3. The fourth-order valence-corrected chi connectivity index (χ4v) is 10.9. The normalized spacial score (nSPS) is 13.1. The van der Waals surface area contributed by atoms with Crippen LogP contribution in [0.2, 0.25) is 19.6 Å². The van der Waals surface area contributed by atoms with Crippen LogP contribution in [0.3, 0.4) is 0 Å². The van der Waals surface area contributed by atoms with Gasteiger partial charge in [0.15, 0.2) is 0 Å². The average molecular weight is 765 g/mol. The molecule has 0 amide bonds. The van der Waals surface area contributed by atoms with Gasteiger partial charge in [-0.05, 0) is 128 Å². The lowest BCUT2D eigenvalue weighted by atomic mass is 9.77. The quantitative estimate of drug-likeness (QED) is 0.118. The van der Waals surface area contributed by atoms with Crippen LogP contribution in [0, 0.1) is 6.92 Å². The van der Waals surface area contributed by atoms with Crippen molar-refractivity contribution >= 4 is 79.7 Å². The maximum Gasteiger partial charge on any atom is 0.0776 e. The summed E-state index contributed by atoms with van der Waals surface area (Å²) in [6.07, 6.45) is 0. The molecule has 0 heterocycles. The highest BCUT2D eigenvalue weighted by molar-refractivity contribution is 6.88. The Balaban J connectivity index is 1.26. The van der Waals surface area contributed by atoms with E-state index in [2.05, 4.69) is 232 Å². The van der Waals surface area contributed by atoms with E-state index >= 15 is 0 Å². The third-order valence-corrected chi connectivity index (χ3v) is 14.4. The Bertz CT molecular complexity index is 3030. The summed E-state index contributed by atoms with van der Waals surface area (Å²) in [5.74, 6) is 0. The lowest BCUT2D eigenvalue weighted by molar-refractivity contribution is 0.672. The summed E-state index contributed by atoms with van der Waals surface area (Å²) in [5, 5.41) is 9.18. The van der Waals surface area contributed by atoms with Crippen molar-refractivity contribution in [2.24, 2.45) is 0 Å². The van der Waals surface area contributed by atoms with E-state index in [0.29, 0.717) is 0 Å². The fourth-order valence-electron chi connectivity index (χ4n) is 9.69. The number of benzene rings is 9. The van der Waals surface area contributed by atoms with Gasteiger partial charge in [0.05, 0.1) is 13.8 Å². The Labute approximate surface area is 343 Å². The molecule has 0 aliphatic heterocycles. The third-order valence-electron chi connectivity index (χ3n) is 12.3. The monoisotopic (exact) mass is 764 g/mol. The molecule has 3 heteroatoms. The molecule has 0 spiro atoms. The first-order valence-corrected chi connectivity index (χ1v) is 24.0. The molecule has 0 atom stereocenters. The van der Waals surface area contributed by atoms with Gasteiger partial charge in [-0.25, -0.2) is 0 Å². The molecular formula is C55H48N2Si. The van der Waals surface area contributed by atoms with Crippen LogP contribution < -0.4 is 15.0 Å². The molecule has 282 valence electrons. The fraction of sp³-hybridized carbons (Fsp3) is 0.127. The summed E-state index contributed by atoms with van der Waals surface area (Å²) in [7, 11) is -1.59. The van der Waals surface area contributed by atoms with E-state index in [9.17, 15) is 0 Å². The van der Waals surface area contributed by atoms with Crippen molar-refractivity contribution in [1.29, 1.82) is 0 Å². The van der Waals surface area contributed by atoms with E-state index < -0.39 is 8.07 Å². The summed E-state index contributed by atoms with van der Waals surface area (Å²) in [6, 6.07) is 67.7. The van der Waals surface area contributed by atoms with Crippen molar-refractivity contribution in [2.45, 2.75) is 45.8 Å². The topological polar surface area (TPSA) is 6.48 Å². The van der Waals surface area contributed by atoms with Crippen molar-refractivity contribution in [3.63, 3.8) is 0 Å². The van der Waals surface area contributed by atoms with Crippen LogP contribution >= 0.6 is 0 Å². The summed E-state index contributed by atoms with van der Waals surface area (Å²) in [4.78, 5) is 4.89. The summed E-state index contributed by atoms with van der Waals surface area (Å²) in [6.45, 7) is 14.4. The lowest BCUT2D eigenvalue weighted by Crippen LogP contribution is -2.37. The highest BCUT2D eigenvalue weighted by Gasteiger charge is 2.41. The van der Waals surface area contributed by atoms with Crippen LogP contribution in [0.5, 0.6) is 0 Å². The van der Waals surface area contributed by atoms with Crippen molar-refractivity contribution in [1.82, 2.24) is 0 Å². The number of para-hydroxylation sites is 2. The van der Waals surface area contributed by atoms with Gasteiger partial charge in [-0.1, -0.05) is 154 Å². The number of anilines is 6. The molecule has 10 rings (SSSR count). The van der Waals surface area contributed by atoms with Crippen LogP contribution in [-0.4, -0.2) is 8.07 Å². The van der Waals surface area contributed by atoms with Crippen LogP contribution in [-0.2, 0) is 5.41 Å². The number of hydrogen-bond acceptors (Lipinski definition) is 2. The second-order valence-electron chi connectivity index (χ2n) is 17.5. The summed E-state index contributed by atoms with van der Waals surface area (Å²) in [5.41, 5.74) is 13.4. The van der Waals surface area contributed by atoms with Crippen LogP contribution in [0.4, 0.5) is 34.1 Å². The molecule has 58 heavy (non-hydrogen) atoms. The van der Waals surface area contributed by atoms with E-state index in [1.165, 1.54) is 76.7 Å². The molecule has 0 bridgehead atoms. The molecule has 0 saturated carbocycles. The molecule has 0 unspecified atom stereocenters. The van der Waals surface area contributed by atoms with Gasteiger partial charge in [-0.15, -0.1) is 0 Å². The highest BCUT2D eigenvalue weighted by Crippen LogP contribution is 2.59. The minimum atomic E-state index is -1.59. The first kappa shape index (κ1) is 36.0. The predicted octanol–water partition coefficient (Wildman–Crippen LogP) is 15.2. The van der Waals surface area contributed by atoms with Gasteiger partial charge in [0.25, 0.3) is 0 Å². The van der Waals surface area contributed by atoms with Gasteiger partial charge >= 0.3 is 0 Å². The Morgan fingerprint density at radius 3 is 1.60 bits per heavy atom. The molecule has 0 aromatic heterocycles. The molecule has 0 radical (unpaired) electrons. The molecule has 0 N–H and O–H groups in total. The zero-order valence-corrected chi connectivity index (χ0v) is 35.2. The first-order chi connectivity index (χ1) is 28.1. The maximum absolute atomic E-state index is 2.51.